The minimum atomic E-state index is -0.411. The zero-order valence-corrected chi connectivity index (χ0v) is 17.7. The number of ketones is 1. The SMILES string of the molecule is Cc1cc(C)c2c(c1)C(=O)/C(=C/c1ccc(Sc3nncn3C)c([N+](=O)[O-])c1)CC2. The summed E-state index contributed by atoms with van der Waals surface area (Å²) in [6.45, 7) is 4.01. The Bertz CT molecular complexity index is 1210. The Labute approximate surface area is 178 Å². The monoisotopic (exact) mass is 420 g/mol. The summed E-state index contributed by atoms with van der Waals surface area (Å²) >= 11 is 1.19. The van der Waals surface area contributed by atoms with Crippen LogP contribution in [0.15, 0.2) is 52.3 Å². The van der Waals surface area contributed by atoms with Crippen molar-refractivity contribution in [2.75, 3.05) is 0 Å². The summed E-state index contributed by atoms with van der Waals surface area (Å²) in [6, 6.07) is 9.02. The predicted molar refractivity (Wildman–Crippen MR) is 115 cm³/mol. The summed E-state index contributed by atoms with van der Waals surface area (Å²) in [7, 11) is 1.78. The number of carbonyl (C=O) groups is 1. The maximum atomic E-state index is 13.0. The normalized spacial score (nSPS) is 14.8. The molecule has 0 N–H and O–H groups in total. The number of nitro groups is 1. The Morgan fingerprint density at radius 2 is 2.00 bits per heavy atom. The fraction of sp³-hybridized carbons (Fsp3) is 0.227. The molecule has 1 aromatic heterocycles. The van der Waals surface area contributed by atoms with Crippen molar-refractivity contribution >= 4 is 29.3 Å². The molecule has 0 radical (unpaired) electrons. The number of Topliss-reactive ketones (excluding diaryl/α,β-unsaturated/α-hetero) is 1. The molecule has 0 atom stereocenters. The Hall–Kier alpha value is -3.26. The molecule has 3 aromatic rings. The molecule has 1 aliphatic rings. The van der Waals surface area contributed by atoms with Crippen molar-refractivity contribution < 1.29 is 9.72 Å². The van der Waals surface area contributed by atoms with E-state index in [0.29, 0.717) is 27.6 Å². The molecule has 0 spiro atoms. The smallest absolute Gasteiger partial charge is 0.283 e. The number of hydrogen-bond acceptors (Lipinski definition) is 6. The van der Waals surface area contributed by atoms with Crippen molar-refractivity contribution in [3.63, 3.8) is 0 Å². The second-order valence-electron chi connectivity index (χ2n) is 7.42. The van der Waals surface area contributed by atoms with Gasteiger partial charge in [-0.3, -0.25) is 14.9 Å². The van der Waals surface area contributed by atoms with Gasteiger partial charge in [-0.1, -0.05) is 17.7 Å². The van der Waals surface area contributed by atoms with Crippen LogP contribution in [-0.2, 0) is 13.5 Å². The molecule has 152 valence electrons. The Morgan fingerprint density at radius 1 is 1.20 bits per heavy atom. The fourth-order valence-corrected chi connectivity index (χ4v) is 4.58. The molecular weight excluding hydrogens is 400 g/mol. The third-order valence-corrected chi connectivity index (χ3v) is 6.31. The lowest BCUT2D eigenvalue weighted by Crippen LogP contribution is -2.15. The maximum Gasteiger partial charge on any atom is 0.283 e. The number of nitro benzene ring substituents is 1. The van der Waals surface area contributed by atoms with Gasteiger partial charge in [0.25, 0.3) is 5.69 Å². The topological polar surface area (TPSA) is 90.9 Å². The van der Waals surface area contributed by atoms with Crippen molar-refractivity contribution in [2.45, 2.75) is 36.7 Å². The predicted octanol–water partition coefficient (Wildman–Crippen LogP) is 4.70. The lowest BCUT2D eigenvalue weighted by atomic mass is 9.83. The first-order valence-corrected chi connectivity index (χ1v) is 10.3. The number of rotatable bonds is 4. The number of benzene rings is 2. The Morgan fingerprint density at radius 3 is 2.70 bits per heavy atom. The quantitative estimate of drug-likeness (QED) is 0.345. The molecule has 7 nitrogen and oxygen atoms in total. The van der Waals surface area contributed by atoms with Gasteiger partial charge in [0.1, 0.15) is 6.33 Å². The largest absolute Gasteiger partial charge is 0.311 e. The molecular formula is C22H20N4O3S. The molecule has 2 aromatic carbocycles. The van der Waals surface area contributed by atoms with E-state index in [-0.39, 0.29) is 11.5 Å². The highest BCUT2D eigenvalue weighted by atomic mass is 32.2. The van der Waals surface area contributed by atoms with E-state index in [1.165, 1.54) is 17.8 Å². The van der Waals surface area contributed by atoms with Gasteiger partial charge in [0, 0.05) is 24.3 Å². The van der Waals surface area contributed by atoms with Gasteiger partial charge in [0.05, 0.1) is 9.82 Å². The van der Waals surface area contributed by atoms with E-state index in [2.05, 4.69) is 16.3 Å². The zero-order valence-electron chi connectivity index (χ0n) is 16.9. The molecule has 1 heterocycles. The first kappa shape index (κ1) is 20.0. The lowest BCUT2D eigenvalue weighted by molar-refractivity contribution is -0.387. The molecule has 1 aliphatic carbocycles. The van der Waals surface area contributed by atoms with Crippen LogP contribution in [-0.4, -0.2) is 25.5 Å². The fourth-order valence-electron chi connectivity index (χ4n) is 3.73. The van der Waals surface area contributed by atoms with Gasteiger partial charge < -0.3 is 4.57 Å². The summed E-state index contributed by atoms with van der Waals surface area (Å²) in [5.74, 6) is 0.00300. The molecule has 0 saturated carbocycles. The van der Waals surface area contributed by atoms with Gasteiger partial charge in [-0.2, -0.15) is 0 Å². The van der Waals surface area contributed by atoms with Crippen molar-refractivity contribution in [1.82, 2.24) is 14.8 Å². The van der Waals surface area contributed by atoms with Crippen LogP contribution >= 0.6 is 11.8 Å². The molecule has 8 heteroatoms. The molecule has 30 heavy (non-hydrogen) atoms. The Balaban J connectivity index is 1.68. The number of aryl methyl sites for hydroxylation is 3. The standard InChI is InChI=1S/C22H20N4O3S/c1-13-8-14(2)17-6-5-16(21(27)18(17)9-13)10-15-4-7-20(19(11-15)26(28)29)30-22-24-23-12-25(22)3/h4,7-12H,5-6H2,1-3H3/b16-10+. The number of aromatic nitrogens is 3. The number of allylic oxidation sites excluding steroid dienone is 1. The van der Waals surface area contributed by atoms with Crippen molar-refractivity contribution in [3.05, 3.63) is 80.2 Å². The van der Waals surface area contributed by atoms with Gasteiger partial charge in [-0.15, -0.1) is 10.2 Å². The zero-order chi connectivity index (χ0) is 21.4. The van der Waals surface area contributed by atoms with E-state index in [0.717, 1.165) is 28.7 Å². The Kier molecular flexibility index (Phi) is 5.26. The second kappa shape index (κ2) is 7.87. The van der Waals surface area contributed by atoms with Gasteiger partial charge in [0.15, 0.2) is 10.9 Å². The minimum Gasteiger partial charge on any atom is -0.311 e. The highest BCUT2D eigenvalue weighted by Gasteiger charge is 2.24. The number of hydrogen-bond donors (Lipinski definition) is 0. The van der Waals surface area contributed by atoms with Crippen LogP contribution in [0, 0.1) is 24.0 Å². The second-order valence-corrected chi connectivity index (χ2v) is 8.43. The third-order valence-electron chi connectivity index (χ3n) is 5.19. The van der Waals surface area contributed by atoms with E-state index in [9.17, 15) is 14.9 Å². The first-order valence-electron chi connectivity index (χ1n) is 9.49. The van der Waals surface area contributed by atoms with Crippen LogP contribution in [0.5, 0.6) is 0 Å². The summed E-state index contributed by atoms with van der Waals surface area (Å²) in [5, 5.41) is 20.0. The van der Waals surface area contributed by atoms with Crippen LogP contribution < -0.4 is 0 Å². The summed E-state index contributed by atoms with van der Waals surface area (Å²) in [5.41, 5.74) is 5.33. The van der Waals surface area contributed by atoms with Crippen LogP contribution in [0.3, 0.4) is 0 Å². The van der Waals surface area contributed by atoms with Gasteiger partial charge in [-0.05, 0) is 73.4 Å². The van der Waals surface area contributed by atoms with E-state index < -0.39 is 4.92 Å². The highest BCUT2D eigenvalue weighted by Crippen LogP contribution is 2.35. The van der Waals surface area contributed by atoms with Crippen molar-refractivity contribution in [2.24, 2.45) is 7.05 Å². The molecule has 4 rings (SSSR count). The minimum absolute atomic E-state index is 0.00300. The highest BCUT2D eigenvalue weighted by molar-refractivity contribution is 7.99. The first-order chi connectivity index (χ1) is 14.3. The lowest BCUT2D eigenvalue weighted by Gasteiger charge is -2.20. The van der Waals surface area contributed by atoms with Gasteiger partial charge >= 0.3 is 0 Å². The number of fused-ring (bicyclic) bond motifs is 1. The van der Waals surface area contributed by atoms with Gasteiger partial charge in [0.2, 0.25) is 0 Å². The molecule has 0 aliphatic heterocycles. The van der Waals surface area contributed by atoms with Crippen molar-refractivity contribution in [1.29, 1.82) is 0 Å². The molecule has 0 fully saturated rings. The van der Waals surface area contributed by atoms with E-state index in [4.69, 9.17) is 0 Å². The van der Waals surface area contributed by atoms with Crippen molar-refractivity contribution in [3.8, 4) is 0 Å². The van der Waals surface area contributed by atoms with Crippen LogP contribution in [0.4, 0.5) is 5.69 Å². The third kappa shape index (κ3) is 3.78. The van der Waals surface area contributed by atoms with Crippen LogP contribution in [0.2, 0.25) is 0 Å². The van der Waals surface area contributed by atoms with E-state index in [1.54, 1.807) is 36.2 Å². The van der Waals surface area contributed by atoms with Gasteiger partial charge in [-0.25, -0.2) is 0 Å². The molecule has 0 amide bonds. The van der Waals surface area contributed by atoms with E-state index >= 15 is 0 Å². The summed E-state index contributed by atoms with van der Waals surface area (Å²) in [6.07, 6.45) is 4.73. The molecule has 0 bridgehead atoms. The number of nitrogens with zero attached hydrogens (tertiary/aromatic N) is 4. The molecule has 0 unspecified atom stereocenters. The summed E-state index contributed by atoms with van der Waals surface area (Å²) < 4.78 is 1.70. The average Bonchev–Trinajstić information content (AvgIpc) is 3.10. The maximum absolute atomic E-state index is 13.0. The average molecular weight is 420 g/mol. The molecule has 0 saturated heterocycles. The van der Waals surface area contributed by atoms with Crippen LogP contribution in [0.25, 0.3) is 6.08 Å². The van der Waals surface area contributed by atoms with E-state index in [1.807, 2.05) is 19.9 Å². The van der Waals surface area contributed by atoms with Crippen LogP contribution in [0.1, 0.15) is 39.0 Å². The summed E-state index contributed by atoms with van der Waals surface area (Å²) in [4.78, 5) is 24.7. The number of carbonyl (C=O) groups excluding carboxylic acids is 1.